The second-order valence-corrected chi connectivity index (χ2v) is 5.48. The molecule has 1 unspecified atom stereocenters. The molecule has 0 radical (unpaired) electrons. The molecule has 1 aliphatic rings. The highest BCUT2D eigenvalue weighted by Gasteiger charge is 2.29. The van der Waals surface area contributed by atoms with Gasteiger partial charge in [0.2, 0.25) is 0 Å². The number of likely N-dealkylation sites (N-methyl/N-ethyl adjacent to an activating group) is 1. The van der Waals surface area contributed by atoms with Crippen molar-refractivity contribution in [1.82, 2.24) is 10.2 Å². The standard InChI is InChI=1S/C16H26N2/c1-4-11-18(15-9-10-15)12-16(17-3)14-7-5-13(2)6-8-14/h5-8,15-17H,4,9-12H2,1-3H3. The van der Waals surface area contributed by atoms with E-state index in [4.69, 9.17) is 0 Å². The number of hydrogen-bond donors (Lipinski definition) is 1. The van der Waals surface area contributed by atoms with Crippen molar-refractivity contribution in [1.29, 1.82) is 0 Å². The first-order valence-electron chi connectivity index (χ1n) is 7.22. The molecule has 0 saturated heterocycles. The van der Waals surface area contributed by atoms with Crippen LogP contribution in [0.1, 0.15) is 43.4 Å². The van der Waals surface area contributed by atoms with Crippen LogP contribution in [0.5, 0.6) is 0 Å². The van der Waals surface area contributed by atoms with E-state index in [1.54, 1.807) is 0 Å². The lowest BCUT2D eigenvalue weighted by atomic mass is 10.0. The van der Waals surface area contributed by atoms with Gasteiger partial charge >= 0.3 is 0 Å². The van der Waals surface area contributed by atoms with Gasteiger partial charge in [-0.05, 0) is 45.3 Å². The Bertz CT molecular complexity index is 354. The summed E-state index contributed by atoms with van der Waals surface area (Å²) in [6, 6.07) is 10.2. The van der Waals surface area contributed by atoms with Gasteiger partial charge < -0.3 is 5.32 Å². The van der Waals surface area contributed by atoms with E-state index in [2.05, 4.69) is 55.4 Å². The van der Waals surface area contributed by atoms with Gasteiger partial charge in [-0.1, -0.05) is 36.8 Å². The predicted molar refractivity (Wildman–Crippen MR) is 77.9 cm³/mol. The maximum atomic E-state index is 3.47. The molecular weight excluding hydrogens is 220 g/mol. The van der Waals surface area contributed by atoms with Crippen LogP contribution in [0.25, 0.3) is 0 Å². The Kier molecular flexibility index (Phi) is 4.79. The van der Waals surface area contributed by atoms with Crippen molar-refractivity contribution in [3.63, 3.8) is 0 Å². The van der Waals surface area contributed by atoms with Crippen molar-refractivity contribution < 1.29 is 0 Å². The van der Waals surface area contributed by atoms with Crippen LogP contribution >= 0.6 is 0 Å². The summed E-state index contributed by atoms with van der Waals surface area (Å²) in [6.45, 7) is 6.79. The molecule has 2 heteroatoms. The van der Waals surface area contributed by atoms with Gasteiger partial charge in [-0.15, -0.1) is 0 Å². The smallest absolute Gasteiger partial charge is 0.0446 e. The molecule has 1 N–H and O–H groups in total. The van der Waals surface area contributed by atoms with Crippen molar-refractivity contribution in [2.75, 3.05) is 20.1 Å². The summed E-state index contributed by atoms with van der Waals surface area (Å²) in [5.41, 5.74) is 2.74. The van der Waals surface area contributed by atoms with Gasteiger partial charge in [-0.2, -0.15) is 0 Å². The van der Waals surface area contributed by atoms with Gasteiger partial charge in [0.25, 0.3) is 0 Å². The zero-order valence-corrected chi connectivity index (χ0v) is 11.9. The molecule has 1 aromatic carbocycles. The number of hydrogen-bond acceptors (Lipinski definition) is 2. The Morgan fingerprint density at radius 1 is 1.28 bits per heavy atom. The number of nitrogens with one attached hydrogen (secondary N) is 1. The molecule has 1 aromatic rings. The van der Waals surface area contributed by atoms with Crippen LogP contribution in [-0.2, 0) is 0 Å². The Hall–Kier alpha value is -0.860. The van der Waals surface area contributed by atoms with Gasteiger partial charge in [0.1, 0.15) is 0 Å². The highest BCUT2D eigenvalue weighted by molar-refractivity contribution is 5.24. The fourth-order valence-corrected chi connectivity index (χ4v) is 2.55. The van der Waals surface area contributed by atoms with E-state index in [9.17, 15) is 0 Å². The van der Waals surface area contributed by atoms with Crippen LogP contribution in [0, 0.1) is 6.92 Å². The van der Waals surface area contributed by atoms with Gasteiger partial charge in [-0.25, -0.2) is 0 Å². The molecular formula is C16H26N2. The van der Waals surface area contributed by atoms with Crippen LogP contribution in [0.2, 0.25) is 0 Å². The van der Waals surface area contributed by atoms with Crippen LogP contribution in [0.4, 0.5) is 0 Å². The molecule has 1 atom stereocenters. The molecule has 0 bridgehead atoms. The summed E-state index contributed by atoms with van der Waals surface area (Å²) in [6.07, 6.45) is 4.04. The average molecular weight is 246 g/mol. The summed E-state index contributed by atoms with van der Waals surface area (Å²) in [7, 11) is 2.07. The maximum absolute atomic E-state index is 3.47. The average Bonchev–Trinajstić information content (AvgIpc) is 3.20. The van der Waals surface area contributed by atoms with E-state index in [1.165, 1.54) is 36.9 Å². The number of nitrogens with zero attached hydrogens (tertiary/aromatic N) is 1. The monoisotopic (exact) mass is 246 g/mol. The Morgan fingerprint density at radius 3 is 2.44 bits per heavy atom. The molecule has 0 aliphatic heterocycles. The summed E-state index contributed by atoms with van der Waals surface area (Å²) in [4.78, 5) is 2.65. The number of benzene rings is 1. The summed E-state index contributed by atoms with van der Waals surface area (Å²) in [5, 5.41) is 3.47. The molecule has 0 amide bonds. The minimum Gasteiger partial charge on any atom is -0.312 e. The third-order valence-electron chi connectivity index (χ3n) is 3.82. The minimum absolute atomic E-state index is 0.456. The lowest BCUT2D eigenvalue weighted by molar-refractivity contribution is 0.237. The van der Waals surface area contributed by atoms with Crippen molar-refractivity contribution >= 4 is 0 Å². The van der Waals surface area contributed by atoms with E-state index in [1.807, 2.05) is 0 Å². The molecule has 2 rings (SSSR count). The first-order chi connectivity index (χ1) is 8.74. The predicted octanol–water partition coefficient (Wildman–Crippen LogP) is 3.13. The van der Waals surface area contributed by atoms with Crippen molar-refractivity contribution in [2.45, 2.75) is 45.2 Å². The molecule has 0 aromatic heterocycles. The van der Waals surface area contributed by atoms with Gasteiger partial charge in [0, 0.05) is 18.6 Å². The quantitative estimate of drug-likeness (QED) is 0.795. The van der Waals surface area contributed by atoms with E-state index in [0.29, 0.717) is 6.04 Å². The fraction of sp³-hybridized carbons (Fsp3) is 0.625. The molecule has 1 fully saturated rings. The molecule has 1 saturated carbocycles. The van der Waals surface area contributed by atoms with Gasteiger partial charge in [-0.3, -0.25) is 4.90 Å². The van der Waals surface area contributed by atoms with Gasteiger partial charge in [0.15, 0.2) is 0 Å². The number of rotatable bonds is 7. The SMILES string of the molecule is CCCN(CC(NC)c1ccc(C)cc1)C1CC1. The molecule has 1 aliphatic carbocycles. The van der Waals surface area contributed by atoms with Crippen LogP contribution in [0.3, 0.4) is 0 Å². The Morgan fingerprint density at radius 2 is 1.94 bits per heavy atom. The van der Waals surface area contributed by atoms with Crippen LogP contribution in [0.15, 0.2) is 24.3 Å². The second-order valence-electron chi connectivity index (χ2n) is 5.48. The fourth-order valence-electron chi connectivity index (χ4n) is 2.55. The third kappa shape index (κ3) is 3.56. The zero-order valence-electron chi connectivity index (χ0n) is 11.9. The minimum atomic E-state index is 0.456. The van der Waals surface area contributed by atoms with Gasteiger partial charge in [0.05, 0.1) is 0 Å². The molecule has 2 nitrogen and oxygen atoms in total. The van der Waals surface area contributed by atoms with E-state index >= 15 is 0 Å². The highest BCUT2D eigenvalue weighted by atomic mass is 15.2. The van der Waals surface area contributed by atoms with Crippen LogP contribution < -0.4 is 5.32 Å². The van der Waals surface area contributed by atoms with E-state index in [0.717, 1.165) is 12.6 Å². The first-order valence-corrected chi connectivity index (χ1v) is 7.22. The molecule has 100 valence electrons. The molecule has 18 heavy (non-hydrogen) atoms. The second kappa shape index (κ2) is 6.35. The summed E-state index contributed by atoms with van der Waals surface area (Å²) < 4.78 is 0. The topological polar surface area (TPSA) is 15.3 Å². The first kappa shape index (κ1) is 13.6. The number of aryl methyl sites for hydroxylation is 1. The highest BCUT2D eigenvalue weighted by Crippen LogP contribution is 2.28. The lowest BCUT2D eigenvalue weighted by Gasteiger charge is -2.27. The summed E-state index contributed by atoms with van der Waals surface area (Å²) in [5.74, 6) is 0. The summed E-state index contributed by atoms with van der Waals surface area (Å²) >= 11 is 0. The third-order valence-corrected chi connectivity index (χ3v) is 3.82. The van der Waals surface area contributed by atoms with Crippen molar-refractivity contribution in [3.05, 3.63) is 35.4 Å². The largest absolute Gasteiger partial charge is 0.312 e. The lowest BCUT2D eigenvalue weighted by Crippen LogP contribution is -2.35. The zero-order chi connectivity index (χ0) is 13.0. The van der Waals surface area contributed by atoms with Crippen molar-refractivity contribution in [3.8, 4) is 0 Å². The maximum Gasteiger partial charge on any atom is 0.0446 e. The van der Waals surface area contributed by atoms with E-state index in [-0.39, 0.29) is 0 Å². The van der Waals surface area contributed by atoms with Crippen molar-refractivity contribution in [2.24, 2.45) is 0 Å². The van der Waals surface area contributed by atoms with E-state index < -0.39 is 0 Å². The van der Waals surface area contributed by atoms with Crippen LogP contribution in [-0.4, -0.2) is 31.1 Å². The molecule has 0 heterocycles. The Labute approximate surface area is 111 Å². The molecule has 0 spiro atoms. The Balaban J connectivity index is 2.00. The normalized spacial score (nSPS) is 17.1.